The quantitative estimate of drug-likeness (QED) is 0.616. The monoisotopic (exact) mass is 502 g/mol. The van der Waals surface area contributed by atoms with E-state index in [-0.39, 0.29) is 38.1 Å². The molecule has 1 aliphatic rings. The summed E-state index contributed by atoms with van der Waals surface area (Å²) in [5, 5.41) is -0.504. The third-order valence-corrected chi connectivity index (χ3v) is 8.44. The first-order valence-corrected chi connectivity index (χ1v) is 12.3. The van der Waals surface area contributed by atoms with Gasteiger partial charge in [0, 0.05) is 19.5 Å². The number of piperidine rings is 1. The Labute approximate surface area is 196 Å². The van der Waals surface area contributed by atoms with Crippen LogP contribution < -0.4 is 5.73 Å². The minimum Gasteiger partial charge on any atom is -0.319 e. The third kappa shape index (κ3) is 5.59. The molecule has 3 rings (SSSR count). The van der Waals surface area contributed by atoms with Gasteiger partial charge in [-0.05, 0) is 48.1 Å². The van der Waals surface area contributed by atoms with Crippen LogP contribution in [0.3, 0.4) is 0 Å². The molecule has 10 heteroatoms. The third-order valence-electron chi connectivity index (χ3n) is 6.06. The lowest BCUT2D eigenvalue weighted by atomic mass is 9.82. The summed E-state index contributed by atoms with van der Waals surface area (Å²) in [6, 6.07) is 9.87. The molecule has 0 aromatic heterocycles. The number of nitrogens with two attached hydrogens (primary N) is 1. The fraction of sp³-hybridized carbons (Fsp3) is 0.435. The SMILES string of the molecule is CC(C)c1ccc(CC(=O)C2(N)CCN(S(=O)(=O)c3ccc(C(F)(F)F)cc3Cl)CC2)cc1. The number of carbonyl (C=O) groups is 1. The molecule has 0 unspecified atom stereocenters. The predicted octanol–water partition coefficient (Wildman–Crippen LogP) is 4.78. The van der Waals surface area contributed by atoms with Crippen LogP contribution in [0.4, 0.5) is 13.2 Å². The van der Waals surface area contributed by atoms with Crippen LogP contribution in [-0.2, 0) is 27.4 Å². The zero-order valence-corrected chi connectivity index (χ0v) is 19.9. The molecular weight excluding hydrogens is 477 g/mol. The summed E-state index contributed by atoms with van der Waals surface area (Å²) in [5.74, 6) is 0.199. The lowest BCUT2D eigenvalue weighted by Gasteiger charge is -2.37. The van der Waals surface area contributed by atoms with Crippen molar-refractivity contribution in [3.8, 4) is 0 Å². The second-order valence-electron chi connectivity index (χ2n) is 8.70. The van der Waals surface area contributed by atoms with E-state index >= 15 is 0 Å². The van der Waals surface area contributed by atoms with E-state index < -0.39 is 37.2 Å². The van der Waals surface area contributed by atoms with E-state index in [1.54, 1.807) is 0 Å². The molecule has 2 aromatic rings. The average Bonchev–Trinajstić information content (AvgIpc) is 2.73. The van der Waals surface area contributed by atoms with Crippen molar-refractivity contribution in [2.24, 2.45) is 5.73 Å². The Hall–Kier alpha value is -1.94. The van der Waals surface area contributed by atoms with Gasteiger partial charge in [0.25, 0.3) is 0 Å². The second-order valence-corrected chi connectivity index (χ2v) is 11.0. The van der Waals surface area contributed by atoms with Crippen molar-refractivity contribution < 1.29 is 26.4 Å². The van der Waals surface area contributed by atoms with Gasteiger partial charge in [0.05, 0.1) is 16.1 Å². The van der Waals surface area contributed by atoms with Gasteiger partial charge in [-0.25, -0.2) is 8.42 Å². The van der Waals surface area contributed by atoms with Gasteiger partial charge >= 0.3 is 6.18 Å². The largest absolute Gasteiger partial charge is 0.416 e. The van der Waals surface area contributed by atoms with Crippen LogP contribution in [0, 0.1) is 0 Å². The summed E-state index contributed by atoms with van der Waals surface area (Å²) in [5.41, 5.74) is 6.14. The molecule has 0 aliphatic carbocycles. The van der Waals surface area contributed by atoms with Crippen LogP contribution in [0.5, 0.6) is 0 Å². The normalized spacial score (nSPS) is 17.3. The van der Waals surface area contributed by atoms with Gasteiger partial charge in [-0.2, -0.15) is 17.5 Å². The average molecular weight is 503 g/mol. The van der Waals surface area contributed by atoms with Crippen molar-refractivity contribution in [1.82, 2.24) is 4.31 Å². The number of rotatable bonds is 6. The van der Waals surface area contributed by atoms with Crippen molar-refractivity contribution in [2.45, 2.75) is 55.6 Å². The Bertz CT molecular complexity index is 1120. The molecular formula is C23H26ClF3N2O3S. The maximum absolute atomic E-state index is 13.0. The number of benzene rings is 2. The summed E-state index contributed by atoms with van der Waals surface area (Å²) in [6.07, 6.45) is -4.28. The Morgan fingerprint density at radius 1 is 1.12 bits per heavy atom. The summed E-state index contributed by atoms with van der Waals surface area (Å²) in [4.78, 5) is 12.5. The highest BCUT2D eigenvalue weighted by molar-refractivity contribution is 7.89. The molecule has 0 saturated carbocycles. The molecule has 0 atom stereocenters. The lowest BCUT2D eigenvalue weighted by molar-refractivity contribution is -0.137. The molecule has 2 N–H and O–H groups in total. The fourth-order valence-electron chi connectivity index (χ4n) is 3.81. The second kappa shape index (κ2) is 9.37. The molecule has 33 heavy (non-hydrogen) atoms. The van der Waals surface area contributed by atoms with Crippen LogP contribution in [-0.4, -0.2) is 37.1 Å². The highest BCUT2D eigenvalue weighted by Gasteiger charge is 2.41. The van der Waals surface area contributed by atoms with Crippen LogP contribution in [0.25, 0.3) is 0 Å². The van der Waals surface area contributed by atoms with Crippen LogP contribution in [0.1, 0.15) is 49.3 Å². The first-order chi connectivity index (χ1) is 15.2. The molecule has 0 radical (unpaired) electrons. The van der Waals surface area contributed by atoms with Crippen LogP contribution in [0.15, 0.2) is 47.4 Å². The maximum atomic E-state index is 13.0. The number of sulfonamides is 1. The lowest BCUT2D eigenvalue weighted by Crippen LogP contribution is -2.57. The molecule has 1 aliphatic heterocycles. The molecule has 5 nitrogen and oxygen atoms in total. The number of Topliss-reactive ketones (excluding diaryl/α,β-unsaturated/α-hetero) is 1. The molecule has 180 valence electrons. The van der Waals surface area contributed by atoms with E-state index in [4.69, 9.17) is 17.3 Å². The van der Waals surface area contributed by atoms with Gasteiger partial charge in [-0.1, -0.05) is 49.7 Å². The smallest absolute Gasteiger partial charge is 0.319 e. The topological polar surface area (TPSA) is 80.5 Å². The van der Waals surface area contributed by atoms with Crippen LogP contribution in [0.2, 0.25) is 5.02 Å². The van der Waals surface area contributed by atoms with Gasteiger partial charge in [-0.3, -0.25) is 4.79 Å². The molecule has 1 fully saturated rings. The number of nitrogens with zero attached hydrogens (tertiary/aromatic N) is 1. The van der Waals surface area contributed by atoms with E-state index in [0.29, 0.717) is 18.1 Å². The van der Waals surface area contributed by atoms with E-state index in [2.05, 4.69) is 13.8 Å². The molecule has 0 amide bonds. The highest BCUT2D eigenvalue weighted by Crippen LogP contribution is 2.35. The van der Waals surface area contributed by atoms with Gasteiger partial charge in [0.15, 0.2) is 5.78 Å². The number of carbonyl (C=O) groups excluding carboxylic acids is 1. The number of halogens is 4. The number of hydrogen-bond donors (Lipinski definition) is 1. The first-order valence-electron chi connectivity index (χ1n) is 10.5. The fourth-order valence-corrected chi connectivity index (χ4v) is 5.77. The molecule has 1 heterocycles. The Balaban J connectivity index is 1.69. The predicted molar refractivity (Wildman–Crippen MR) is 121 cm³/mol. The van der Waals surface area contributed by atoms with Gasteiger partial charge < -0.3 is 5.73 Å². The Morgan fingerprint density at radius 2 is 1.70 bits per heavy atom. The molecule has 1 saturated heterocycles. The molecule has 2 aromatic carbocycles. The van der Waals surface area contributed by atoms with E-state index in [9.17, 15) is 26.4 Å². The van der Waals surface area contributed by atoms with Crippen molar-refractivity contribution >= 4 is 27.4 Å². The Morgan fingerprint density at radius 3 is 2.18 bits per heavy atom. The van der Waals surface area contributed by atoms with E-state index in [1.165, 1.54) is 0 Å². The van der Waals surface area contributed by atoms with Gasteiger partial charge in [0.1, 0.15) is 4.90 Å². The molecule has 0 spiro atoms. The van der Waals surface area contributed by atoms with Crippen molar-refractivity contribution in [3.63, 3.8) is 0 Å². The highest BCUT2D eigenvalue weighted by atomic mass is 35.5. The van der Waals surface area contributed by atoms with Crippen LogP contribution >= 0.6 is 11.6 Å². The van der Waals surface area contributed by atoms with Gasteiger partial charge in [-0.15, -0.1) is 0 Å². The zero-order chi connectivity index (χ0) is 24.6. The summed E-state index contributed by atoms with van der Waals surface area (Å²) >= 11 is 5.88. The van der Waals surface area contributed by atoms with E-state index in [1.807, 2.05) is 24.3 Å². The summed E-state index contributed by atoms with van der Waals surface area (Å²) in [6.45, 7) is 4.09. The summed E-state index contributed by atoms with van der Waals surface area (Å²) in [7, 11) is -4.14. The van der Waals surface area contributed by atoms with Crippen molar-refractivity contribution in [2.75, 3.05) is 13.1 Å². The standard InChI is InChI=1S/C23H26ClF3N2O3S/c1-15(2)17-5-3-16(4-6-17)13-21(30)22(28)9-11-29(12-10-22)33(31,32)20-8-7-18(14-19(20)24)23(25,26)27/h3-8,14-15H,9-13,28H2,1-2H3. The number of ketones is 1. The summed E-state index contributed by atoms with van der Waals surface area (Å²) < 4.78 is 65.6. The molecule has 0 bridgehead atoms. The maximum Gasteiger partial charge on any atom is 0.416 e. The van der Waals surface area contributed by atoms with Gasteiger partial charge in [0.2, 0.25) is 10.0 Å². The van der Waals surface area contributed by atoms with Crippen molar-refractivity contribution in [3.05, 3.63) is 64.2 Å². The zero-order valence-electron chi connectivity index (χ0n) is 18.3. The minimum absolute atomic E-state index is 0.0335. The number of hydrogen-bond acceptors (Lipinski definition) is 4. The Kier molecular flexibility index (Phi) is 7.29. The minimum atomic E-state index is -4.63. The first kappa shape index (κ1) is 25.7. The van der Waals surface area contributed by atoms with E-state index in [0.717, 1.165) is 21.5 Å². The van der Waals surface area contributed by atoms with Crippen molar-refractivity contribution in [1.29, 1.82) is 0 Å². The number of alkyl halides is 3.